The van der Waals surface area contributed by atoms with Gasteiger partial charge in [0.05, 0.1) is 11.9 Å². The Morgan fingerprint density at radius 2 is 2.00 bits per heavy atom. The van der Waals surface area contributed by atoms with Crippen LogP contribution in [0, 0.1) is 0 Å². The number of benzene rings is 1. The topological polar surface area (TPSA) is 89.2 Å². The van der Waals surface area contributed by atoms with Crippen LogP contribution >= 0.6 is 0 Å². The molecular weight excluding hydrogens is 364 g/mol. The van der Waals surface area contributed by atoms with Crippen molar-refractivity contribution in [3.05, 3.63) is 54.0 Å². The SMILES string of the molecule is CNc1cccc2c1Cc1nc(Oc3cccnc3)nc(N3CCC(N)CC3)c1-2. The summed E-state index contributed by atoms with van der Waals surface area (Å²) in [6, 6.07) is 10.7. The van der Waals surface area contributed by atoms with Crippen LogP contribution in [0.5, 0.6) is 11.8 Å². The second-order valence-corrected chi connectivity index (χ2v) is 7.53. The molecule has 1 aliphatic heterocycles. The summed E-state index contributed by atoms with van der Waals surface area (Å²) < 4.78 is 5.96. The Hall–Kier alpha value is -3.19. The first-order valence-electron chi connectivity index (χ1n) is 10.0. The zero-order valence-corrected chi connectivity index (χ0v) is 16.4. The van der Waals surface area contributed by atoms with Crippen molar-refractivity contribution in [2.75, 3.05) is 30.4 Å². The maximum atomic E-state index is 6.14. The highest BCUT2D eigenvalue weighted by Gasteiger charge is 2.30. The molecule has 1 aliphatic carbocycles. The maximum absolute atomic E-state index is 6.14. The van der Waals surface area contributed by atoms with Gasteiger partial charge in [0.1, 0.15) is 11.6 Å². The fourth-order valence-corrected chi connectivity index (χ4v) is 4.19. The van der Waals surface area contributed by atoms with Gasteiger partial charge in [-0.3, -0.25) is 4.98 Å². The van der Waals surface area contributed by atoms with E-state index >= 15 is 0 Å². The summed E-state index contributed by atoms with van der Waals surface area (Å²) >= 11 is 0. The van der Waals surface area contributed by atoms with Crippen molar-refractivity contribution in [2.45, 2.75) is 25.3 Å². The lowest BCUT2D eigenvalue weighted by molar-refractivity contribution is 0.435. The van der Waals surface area contributed by atoms with Crippen LogP contribution in [0.4, 0.5) is 11.5 Å². The summed E-state index contributed by atoms with van der Waals surface area (Å²) in [5.41, 5.74) is 11.8. The molecule has 3 aromatic rings. The zero-order chi connectivity index (χ0) is 19.8. The van der Waals surface area contributed by atoms with Gasteiger partial charge < -0.3 is 20.7 Å². The summed E-state index contributed by atoms with van der Waals surface area (Å²) in [6.07, 6.45) is 6.06. The molecule has 1 saturated heterocycles. The van der Waals surface area contributed by atoms with E-state index in [0.717, 1.165) is 55.1 Å². The molecule has 1 fully saturated rings. The number of hydrogen-bond donors (Lipinski definition) is 2. The molecule has 0 radical (unpaired) electrons. The van der Waals surface area contributed by atoms with Crippen LogP contribution < -0.4 is 20.7 Å². The van der Waals surface area contributed by atoms with Gasteiger partial charge in [0.25, 0.3) is 0 Å². The van der Waals surface area contributed by atoms with Crippen LogP contribution in [0.3, 0.4) is 0 Å². The number of fused-ring (bicyclic) bond motifs is 3. The van der Waals surface area contributed by atoms with Gasteiger partial charge in [-0.1, -0.05) is 12.1 Å². The molecule has 29 heavy (non-hydrogen) atoms. The lowest BCUT2D eigenvalue weighted by Crippen LogP contribution is -2.40. The van der Waals surface area contributed by atoms with Crippen LogP contribution in [0.15, 0.2) is 42.7 Å². The van der Waals surface area contributed by atoms with Crippen molar-refractivity contribution < 1.29 is 4.74 Å². The molecule has 0 unspecified atom stereocenters. The van der Waals surface area contributed by atoms with E-state index in [1.807, 2.05) is 19.2 Å². The normalized spacial score (nSPS) is 15.7. The standard InChI is InChI=1S/C22H24N6O/c1-24-18-6-2-5-16-17(18)12-19-20(16)21(28-10-7-14(23)8-11-28)27-22(26-19)29-15-4-3-9-25-13-15/h2-6,9,13-14,24H,7-8,10-12,23H2,1H3. The highest BCUT2D eigenvalue weighted by molar-refractivity contribution is 5.88. The number of ether oxygens (including phenoxy) is 1. The number of nitrogens with zero attached hydrogens (tertiary/aromatic N) is 4. The van der Waals surface area contributed by atoms with E-state index in [9.17, 15) is 0 Å². The first kappa shape index (κ1) is 17.9. The van der Waals surface area contributed by atoms with Crippen LogP contribution in [-0.4, -0.2) is 41.1 Å². The third-order valence-corrected chi connectivity index (χ3v) is 5.69. The fraction of sp³-hybridized carbons (Fsp3) is 0.318. The minimum absolute atomic E-state index is 0.260. The Morgan fingerprint density at radius 1 is 1.14 bits per heavy atom. The van der Waals surface area contributed by atoms with E-state index < -0.39 is 0 Å². The molecule has 0 atom stereocenters. The lowest BCUT2D eigenvalue weighted by Gasteiger charge is -2.32. The summed E-state index contributed by atoms with van der Waals surface area (Å²) in [4.78, 5) is 16.1. The highest BCUT2D eigenvalue weighted by Crippen LogP contribution is 2.45. The minimum atomic E-state index is 0.260. The molecule has 0 saturated carbocycles. The Balaban J connectivity index is 1.61. The van der Waals surface area contributed by atoms with Crippen LogP contribution in [-0.2, 0) is 6.42 Å². The molecule has 0 bridgehead atoms. The zero-order valence-electron chi connectivity index (χ0n) is 16.4. The molecule has 3 N–H and O–H groups in total. The summed E-state index contributed by atoms with van der Waals surface area (Å²) in [7, 11) is 1.95. The van der Waals surface area contributed by atoms with E-state index in [2.05, 4.69) is 33.4 Å². The number of pyridine rings is 1. The molecule has 0 amide bonds. The first-order chi connectivity index (χ1) is 14.2. The smallest absolute Gasteiger partial charge is 0.324 e. The quantitative estimate of drug-likeness (QED) is 0.555. The third-order valence-electron chi connectivity index (χ3n) is 5.69. The van der Waals surface area contributed by atoms with Gasteiger partial charge in [-0.25, -0.2) is 0 Å². The molecule has 1 aromatic carbocycles. The summed E-state index contributed by atoms with van der Waals surface area (Å²) in [5.74, 6) is 1.57. The van der Waals surface area contributed by atoms with Gasteiger partial charge in [-0.2, -0.15) is 9.97 Å². The van der Waals surface area contributed by atoms with Crippen LogP contribution in [0.1, 0.15) is 24.1 Å². The largest absolute Gasteiger partial charge is 0.423 e. The average Bonchev–Trinajstić information content (AvgIpc) is 3.13. The molecule has 3 heterocycles. The molecule has 2 aliphatic rings. The Morgan fingerprint density at radius 3 is 2.76 bits per heavy atom. The Kier molecular flexibility index (Phi) is 4.52. The van der Waals surface area contributed by atoms with Gasteiger partial charge in [-0.15, -0.1) is 0 Å². The second-order valence-electron chi connectivity index (χ2n) is 7.53. The predicted molar refractivity (Wildman–Crippen MR) is 114 cm³/mol. The summed E-state index contributed by atoms with van der Waals surface area (Å²) in [6.45, 7) is 1.77. The Bertz CT molecular complexity index is 1030. The number of hydrogen-bond acceptors (Lipinski definition) is 7. The van der Waals surface area contributed by atoms with Crippen molar-refractivity contribution in [3.63, 3.8) is 0 Å². The minimum Gasteiger partial charge on any atom is -0.423 e. The molecule has 5 rings (SSSR count). The number of nitrogens with two attached hydrogens (primary N) is 1. The molecule has 7 heteroatoms. The van der Waals surface area contributed by atoms with Crippen LogP contribution in [0.25, 0.3) is 11.1 Å². The fourth-order valence-electron chi connectivity index (χ4n) is 4.19. The molecular formula is C22H24N6O. The second kappa shape index (κ2) is 7.33. The number of rotatable bonds is 4. The number of piperidine rings is 1. The Labute approximate surface area is 170 Å². The van der Waals surface area contributed by atoms with Crippen molar-refractivity contribution >= 4 is 11.5 Å². The van der Waals surface area contributed by atoms with Gasteiger partial charge in [0, 0.05) is 50.0 Å². The van der Waals surface area contributed by atoms with Crippen LogP contribution in [0.2, 0.25) is 0 Å². The third kappa shape index (κ3) is 3.27. The van der Waals surface area contributed by atoms with E-state index in [-0.39, 0.29) is 6.04 Å². The monoisotopic (exact) mass is 388 g/mol. The van der Waals surface area contributed by atoms with Gasteiger partial charge in [0.15, 0.2) is 0 Å². The van der Waals surface area contributed by atoms with E-state index in [0.29, 0.717) is 11.8 Å². The van der Waals surface area contributed by atoms with Gasteiger partial charge in [0.2, 0.25) is 0 Å². The van der Waals surface area contributed by atoms with E-state index in [1.54, 1.807) is 12.4 Å². The molecule has 7 nitrogen and oxygen atoms in total. The lowest BCUT2D eigenvalue weighted by atomic mass is 10.0. The van der Waals surface area contributed by atoms with E-state index in [4.69, 9.17) is 20.4 Å². The van der Waals surface area contributed by atoms with Gasteiger partial charge in [-0.05, 0) is 42.2 Å². The molecule has 148 valence electrons. The van der Waals surface area contributed by atoms with Crippen molar-refractivity contribution in [3.8, 4) is 22.9 Å². The number of anilines is 2. The number of aromatic nitrogens is 3. The van der Waals surface area contributed by atoms with Crippen molar-refractivity contribution in [2.24, 2.45) is 5.73 Å². The molecule has 0 spiro atoms. The average molecular weight is 388 g/mol. The maximum Gasteiger partial charge on any atom is 0.324 e. The summed E-state index contributed by atoms with van der Waals surface area (Å²) in [5, 5.41) is 3.30. The predicted octanol–water partition coefficient (Wildman–Crippen LogP) is 3.20. The van der Waals surface area contributed by atoms with Gasteiger partial charge >= 0.3 is 6.01 Å². The van der Waals surface area contributed by atoms with E-state index in [1.165, 1.54) is 11.1 Å². The highest BCUT2D eigenvalue weighted by atomic mass is 16.5. The van der Waals surface area contributed by atoms with Crippen molar-refractivity contribution in [1.82, 2.24) is 15.0 Å². The first-order valence-corrected chi connectivity index (χ1v) is 10.0. The van der Waals surface area contributed by atoms with Crippen molar-refractivity contribution in [1.29, 1.82) is 0 Å². The molecule has 2 aromatic heterocycles. The number of nitrogens with one attached hydrogen (secondary N) is 1.